The molecule has 1 fully saturated rings. The summed E-state index contributed by atoms with van der Waals surface area (Å²) < 4.78 is 5.94. The second-order valence-corrected chi connectivity index (χ2v) is 8.49. The van der Waals surface area contributed by atoms with Gasteiger partial charge in [0, 0.05) is 5.56 Å². The maximum Gasteiger partial charge on any atom is 0.327 e. The number of carbonyl (C=O) groups is 1. The molecule has 9 nitrogen and oxygen atoms in total. The van der Waals surface area contributed by atoms with Crippen molar-refractivity contribution < 1.29 is 9.53 Å². The van der Waals surface area contributed by atoms with E-state index < -0.39 is 17.2 Å². The molecule has 1 aliphatic rings. The third-order valence-electron chi connectivity index (χ3n) is 6.16. The van der Waals surface area contributed by atoms with Crippen LogP contribution in [0.5, 0.6) is 5.75 Å². The molecule has 4 N–H and O–H groups in total. The molecule has 0 spiro atoms. The SMILES string of the molecule is Cl.O=C(c1ccc(OCC2CCNCC2)cc1)C(c1ccccc1)c1nc2[nH]c(=O)[nH]c(=O)c2[nH]1. The molecule has 0 amide bonds. The Hall–Kier alpha value is -3.69. The smallest absolute Gasteiger partial charge is 0.327 e. The maximum absolute atomic E-state index is 13.6. The summed E-state index contributed by atoms with van der Waals surface area (Å²) in [5.41, 5.74) is 0.192. The Morgan fingerprint density at radius 2 is 1.69 bits per heavy atom. The van der Waals surface area contributed by atoms with Crippen molar-refractivity contribution in [3.05, 3.63) is 92.4 Å². The van der Waals surface area contributed by atoms with Gasteiger partial charge in [0.15, 0.2) is 11.4 Å². The van der Waals surface area contributed by atoms with E-state index in [-0.39, 0.29) is 35.2 Å². The molecule has 0 bridgehead atoms. The highest BCUT2D eigenvalue weighted by molar-refractivity contribution is 6.03. The number of imidazole rings is 1. The lowest BCUT2D eigenvalue weighted by atomic mass is 9.90. The fourth-order valence-corrected chi connectivity index (χ4v) is 4.31. The van der Waals surface area contributed by atoms with E-state index in [1.807, 2.05) is 30.3 Å². The zero-order chi connectivity index (χ0) is 23.5. The summed E-state index contributed by atoms with van der Waals surface area (Å²) in [5, 5.41) is 3.35. The molecule has 3 heterocycles. The van der Waals surface area contributed by atoms with E-state index in [9.17, 15) is 14.4 Å². The van der Waals surface area contributed by atoms with Crippen molar-refractivity contribution in [3.63, 3.8) is 0 Å². The summed E-state index contributed by atoms with van der Waals surface area (Å²) in [6.07, 6.45) is 2.20. The molecule has 1 unspecified atom stereocenters. The van der Waals surface area contributed by atoms with Gasteiger partial charge in [-0.3, -0.25) is 19.6 Å². The monoisotopic (exact) mass is 495 g/mol. The summed E-state index contributed by atoms with van der Waals surface area (Å²) in [6.45, 7) is 2.70. The fourth-order valence-electron chi connectivity index (χ4n) is 4.31. The van der Waals surface area contributed by atoms with E-state index in [1.165, 1.54) is 0 Å². The predicted octanol–water partition coefficient (Wildman–Crippen LogP) is 2.75. The molecule has 182 valence electrons. The fraction of sp³-hybridized carbons (Fsp3) is 0.280. The molecule has 5 rings (SSSR count). The number of Topliss-reactive ketones (excluding diaryl/α,β-unsaturated/α-hetero) is 1. The Kier molecular flexibility index (Phi) is 7.48. The topological polar surface area (TPSA) is 133 Å². The number of nitrogens with one attached hydrogen (secondary N) is 4. The minimum Gasteiger partial charge on any atom is -0.493 e. The Morgan fingerprint density at radius 1 is 0.971 bits per heavy atom. The summed E-state index contributed by atoms with van der Waals surface area (Å²) in [7, 11) is 0. The molecular weight excluding hydrogens is 470 g/mol. The van der Waals surface area contributed by atoms with Crippen molar-refractivity contribution in [1.82, 2.24) is 25.3 Å². The van der Waals surface area contributed by atoms with E-state index >= 15 is 0 Å². The van der Waals surface area contributed by atoms with Crippen molar-refractivity contribution in [2.45, 2.75) is 18.8 Å². The Labute approximate surface area is 206 Å². The minimum atomic E-state index is -0.780. The molecular formula is C25H26ClN5O4. The van der Waals surface area contributed by atoms with Crippen LogP contribution in [0.2, 0.25) is 0 Å². The van der Waals surface area contributed by atoms with Crippen LogP contribution in [0.25, 0.3) is 11.2 Å². The van der Waals surface area contributed by atoms with E-state index in [4.69, 9.17) is 4.74 Å². The predicted molar refractivity (Wildman–Crippen MR) is 135 cm³/mol. The lowest BCUT2D eigenvalue weighted by Gasteiger charge is -2.22. The Balaban J connectivity index is 0.00000289. The number of piperidine rings is 1. The van der Waals surface area contributed by atoms with Crippen LogP contribution < -0.4 is 21.3 Å². The number of nitrogens with zero attached hydrogens (tertiary/aromatic N) is 1. The first kappa shape index (κ1) is 24.4. The van der Waals surface area contributed by atoms with Gasteiger partial charge in [0.25, 0.3) is 5.56 Å². The van der Waals surface area contributed by atoms with Crippen LogP contribution >= 0.6 is 12.4 Å². The number of benzene rings is 2. The van der Waals surface area contributed by atoms with Crippen LogP contribution in [0.1, 0.15) is 40.5 Å². The standard InChI is InChI=1S/C25H25N5O4.ClH/c31-21(17-6-8-18(9-7-17)34-14-15-10-12-26-13-11-15)19(16-4-2-1-3-5-16)22-27-20-23(28-22)29-25(33)30-24(20)32;/h1-9,15,19,26H,10-14H2,(H3,27,28,29,30,32,33);1H. The second-order valence-electron chi connectivity index (χ2n) is 8.49. The van der Waals surface area contributed by atoms with Crippen LogP contribution in [-0.4, -0.2) is 45.4 Å². The van der Waals surface area contributed by atoms with E-state index in [0.717, 1.165) is 37.2 Å². The van der Waals surface area contributed by atoms with Crippen molar-refractivity contribution in [2.75, 3.05) is 19.7 Å². The highest BCUT2D eigenvalue weighted by Crippen LogP contribution is 2.28. The van der Waals surface area contributed by atoms with Crippen LogP contribution in [0.4, 0.5) is 0 Å². The zero-order valence-electron chi connectivity index (χ0n) is 18.9. The Morgan fingerprint density at radius 3 is 2.40 bits per heavy atom. The van der Waals surface area contributed by atoms with Gasteiger partial charge >= 0.3 is 5.69 Å². The first-order chi connectivity index (χ1) is 16.6. The van der Waals surface area contributed by atoms with Crippen molar-refractivity contribution in [3.8, 4) is 5.75 Å². The molecule has 10 heteroatoms. The number of ketones is 1. The van der Waals surface area contributed by atoms with Crippen LogP contribution in [0.3, 0.4) is 0 Å². The maximum atomic E-state index is 13.6. The van der Waals surface area contributed by atoms with Gasteiger partial charge in [0.2, 0.25) is 0 Å². The number of fused-ring (bicyclic) bond motifs is 1. The molecule has 0 aliphatic carbocycles. The molecule has 1 aliphatic heterocycles. The first-order valence-electron chi connectivity index (χ1n) is 11.3. The molecule has 1 saturated heterocycles. The van der Waals surface area contributed by atoms with Crippen molar-refractivity contribution >= 4 is 29.4 Å². The van der Waals surface area contributed by atoms with Gasteiger partial charge in [0.05, 0.1) is 6.61 Å². The Bertz CT molecular complexity index is 1410. The van der Waals surface area contributed by atoms with E-state index in [0.29, 0.717) is 18.1 Å². The zero-order valence-corrected chi connectivity index (χ0v) is 19.7. The number of rotatable bonds is 7. The summed E-state index contributed by atoms with van der Waals surface area (Å²) in [5.74, 6) is 0.573. The number of halogens is 1. The third-order valence-corrected chi connectivity index (χ3v) is 6.16. The third kappa shape index (κ3) is 5.36. The molecule has 0 radical (unpaired) electrons. The largest absolute Gasteiger partial charge is 0.493 e. The van der Waals surface area contributed by atoms with Crippen molar-refractivity contribution in [1.29, 1.82) is 0 Å². The van der Waals surface area contributed by atoms with Gasteiger partial charge in [-0.1, -0.05) is 30.3 Å². The molecule has 2 aromatic carbocycles. The van der Waals surface area contributed by atoms with Gasteiger partial charge in [-0.05, 0) is 61.7 Å². The second kappa shape index (κ2) is 10.7. The lowest BCUT2D eigenvalue weighted by Crippen LogP contribution is -2.30. The average Bonchev–Trinajstić information content (AvgIpc) is 3.28. The normalized spacial score (nSPS) is 14.9. The van der Waals surface area contributed by atoms with Gasteiger partial charge in [-0.2, -0.15) is 0 Å². The molecule has 0 saturated carbocycles. The lowest BCUT2D eigenvalue weighted by molar-refractivity contribution is 0.0971. The molecule has 35 heavy (non-hydrogen) atoms. The van der Waals surface area contributed by atoms with E-state index in [2.05, 4.69) is 25.3 Å². The number of hydrogen-bond donors (Lipinski definition) is 4. The number of aromatic nitrogens is 4. The van der Waals surface area contributed by atoms with E-state index in [1.54, 1.807) is 24.3 Å². The van der Waals surface area contributed by atoms with Crippen LogP contribution in [-0.2, 0) is 0 Å². The highest BCUT2D eigenvalue weighted by atomic mass is 35.5. The molecule has 2 aromatic heterocycles. The minimum absolute atomic E-state index is 0. The number of H-pyrrole nitrogens is 3. The van der Waals surface area contributed by atoms with Gasteiger partial charge in [-0.15, -0.1) is 12.4 Å². The average molecular weight is 496 g/mol. The van der Waals surface area contributed by atoms with Gasteiger partial charge < -0.3 is 15.0 Å². The quantitative estimate of drug-likeness (QED) is 0.291. The molecule has 1 atom stereocenters. The summed E-state index contributed by atoms with van der Waals surface area (Å²) >= 11 is 0. The summed E-state index contributed by atoms with van der Waals surface area (Å²) in [6, 6.07) is 16.3. The van der Waals surface area contributed by atoms with Crippen molar-refractivity contribution in [2.24, 2.45) is 5.92 Å². The van der Waals surface area contributed by atoms with Crippen LogP contribution in [0.15, 0.2) is 64.2 Å². The number of ether oxygens (including phenoxy) is 1. The molecule has 4 aromatic rings. The number of hydrogen-bond acceptors (Lipinski definition) is 6. The van der Waals surface area contributed by atoms with Gasteiger partial charge in [-0.25, -0.2) is 9.78 Å². The van der Waals surface area contributed by atoms with Gasteiger partial charge in [0.1, 0.15) is 23.0 Å². The number of aromatic amines is 3. The summed E-state index contributed by atoms with van der Waals surface area (Å²) in [4.78, 5) is 49.4. The highest BCUT2D eigenvalue weighted by Gasteiger charge is 2.28. The van der Waals surface area contributed by atoms with Crippen LogP contribution in [0, 0.1) is 5.92 Å². The first-order valence-corrected chi connectivity index (χ1v) is 11.3. The number of carbonyl (C=O) groups excluding carboxylic acids is 1.